The molecule has 82 valence electrons. The Labute approximate surface area is 94.9 Å². The molecule has 0 saturated heterocycles. The molecule has 0 unspecified atom stereocenters. The maximum absolute atomic E-state index is 11.6. The summed E-state index contributed by atoms with van der Waals surface area (Å²) in [5.41, 5.74) is 0.342. The Morgan fingerprint density at radius 2 is 2.27 bits per heavy atom. The number of alkyl halides is 1. The number of aromatic nitrogens is 1. The van der Waals surface area contributed by atoms with E-state index in [1.165, 1.54) is 0 Å². The van der Waals surface area contributed by atoms with Crippen molar-refractivity contribution in [2.24, 2.45) is 5.41 Å². The zero-order valence-electron chi connectivity index (χ0n) is 8.96. The molecule has 1 aromatic heterocycles. The quantitative estimate of drug-likeness (QED) is 0.799. The summed E-state index contributed by atoms with van der Waals surface area (Å²) < 4.78 is 0. The first-order valence-corrected chi connectivity index (χ1v) is 5.34. The van der Waals surface area contributed by atoms with Crippen LogP contribution in [0, 0.1) is 5.41 Å². The predicted octanol–water partition coefficient (Wildman–Crippen LogP) is 2.08. The van der Waals surface area contributed by atoms with Crippen molar-refractivity contribution in [3.8, 4) is 0 Å². The van der Waals surface area contributed by atoms with Crippen molar-refractivity contribution in [1.29, 1.82) is 0 Å². The SMILES string of the molecule is CC(C)(CCl)CNC(=O)c1ccccn1. The summed E-state index contributed by atoms with van der Waals surface area (Å²) in [6, 6.07) is 5.25. The Morgan fingerprint density at radius 3 is 2.80 bits per heavy atom. The van der Waals surface area contributed by atoms with E-state index in [2.05, 4.69) is 10.3 Å². The maximum Gasteiger partial charge on any atom is 0.269 e. The summed E-state index contributed by atoms with van der Waals surface area (Å²) in [4.78, 5) is 15.6. The van der Waals surface area contributed by atoms with Gasteiger partial charge in [0.25, 0.3) is 5.91 Å². The van der Waals surface area contributed by atoms with Gasteiger partial charge in [0.15, 0.2) is 0 Å². The Hall–Kier alpha value is -1.09. The molecule has 15 heavy (non-hydrogen) atoms. The molecule has 0 fully saturated rings. The van der Waals surface area contributed by atoms with Crippen LogP contribution in [0.25, 0.3) is 0 Å². The van der Waals surface area contributed by atoms with Crippen LogP contribution < -0.4 is 5.32 Å². The van der Waals surface area contributed by atoms with Crippen LogP contribution in [0.1, 0.15) is 24.3 Å². The van der Waals surface area contributed by atoms with Gasteiger partial charge in [0.1, 0.15) is 5.69 Å². The van der Waals surface area contributed by atoms with Crippen molar-refractivity contribution < 1.29 is 4.79 Å². The van der Waals surface area contributed by atoms with Crippen molar-refractivity contribution in [2.75, 3.05) is 12.4 Å². The molecule has 0 radical (unpaired) electrons. The lowest BCUT2D eigenvalue weighted by Crippen LogP contribution is -2.35. The van der Waals surface area contributed by atoms with Gasteiger partial charge < -0.3 is 5.32 Å². The number of carbonyl (C=O) groups is 1. The van der Waals surface area contributed by atoms with Gasteiger partial charge in [-0.15, -0.1) is 11.6 Å². The van der Waals surface area contributed by atoms with E-state index in [4.69, 9.17) is 11.6 Å². The van der Waals surface area contributed by atoms with E-state index in [0.717, 1.165) is 0 Å². The van der Waals surface area contributed by atoms with Gasteiger partial charge in [0, 0.05) is 18.6 Å². The van der Waals surface area contributed by atoms with Gasteiger partial charge in [-0.25, -0.2) is 0 Å². The van der Waals surface area contributed by atoms with E-state index in [0.29, 0.717) is 18.1 Å². The molecule has 1 aromatic rings. The summed E-state index contributed by atoms with van der Waals surface area (Å²) in [6.45, 7) is 4.54. The van der Waals surface area contributed by atoms with Gasteiger partial charge in [0.2, 0.25) is 0 Å². The van der Waals surface area contributed by atoms with Crippen LogP contribution in [-0.2, 0) is 0 Å². The second-order valence-corrected chi connectivity index (χ2v) is 4.46. The summed E-state index contributed by atoms with van der Waals surface area (Å²) in [5.74, 6) is 0.351. The first kappa shape index (κ1) is 12.0. The third-order valence-corrected chi connectivity index (χ3v) is 2.71. The molecule has 0 aromatic carbocycles. The van der Waals surface area contributed by atoms with Gasteiger partial charge in [-0.05, 0) is 17.5 Å². The second-order valence-electron chi connectivity index (χ2n) is 4.20. The van der Waals surface area contributed by atoms with Crippen LogP contribution in [0.2, 0.25) is 0 Å². The van der Waals surface area contributed by atoms with Gasteiger partial charge in [0.05, 0.1) is 0 Å². The molecule has 0 aliphatic heterocycles. The molecule has 0 atom stereocenters. The van der Waals surface area contributed by atoms with Crippen LogP contribution >= 0.6 is 11.6 Å². The molecule has 0 bridgehead atoms. The number of hydrogen-bond acceptors (Lipinski definition) is 2. The van der Waals surface area contributed by atoms with Gasteiger partial charge in [-0.1, -0.05) is 19.9 Å². The third-order valence-electron chi connectivity index (χ3n) is 1.99. The Kier molecular flexibility index (Phi) is 4.09. The van der Waals surface area contributed by atoms with E-state index < -0.39 is 0 Å². The van der Waals surface area contributed by atoms with E-state index in [9.17, 15) is 4.79 Å². The average Bonchev–Trinajstić information content (AvgIpc) is 2.27. The first-order valence-electron chi connectivity index (χ1n) is 4.80. The normalized spacial score (nSPS) is 11.1. The molecule has 1 heterocycles. The Bertz CT molecular complexity index is 325. The summed E-state index contributed by atoms with van der Waals surface area (Å²) in [6.07, 6.45) is 1.60. The summed E-state index contributed by atoms with van der Waals surface area (Å²) >= 11 is 5.76. The topological polar surface area (TPSA) is 42.0 Å². The number of amides is 1. The van der Waals surface area contributed by atoms with Crippen molar-refractivity contribution in [2.45, 2.75) is 13.8 Å². The lowest BCUT2D eigenvalue weighted by atomic mass is 9.96. The molecule has 4 heteroatoms. The number of rotatable bonds is 4. The number of pyridine rings is 1. The monoisotopic (exact) mass is 226 g/mol. The fraction of sp³-hybridized carbons (Fsp3) is 0.455. The average molecular weight is 227 g/mol. The van der Waals surface area contributed by atoms with Crippen LogP contribution in [-0.4, -0.2) is 23.3 Å². The third kappa shape index (κ3) is 3.88. The maximum atomic E-state index is 11.6. The molecule has 1 amide bonds. The lowest BCUT2D eigenvalue weighted by molar-refractivity contribution is 0.0935. The number of carbonyl (C=O) groups excluding carboxylic acids is 1. The van der Waals surface area contributed by atoms with Crippen LogP contribution in [0.15, 0.2) is 24.4 Å². The number of nitrogens with one attached hydrogen (secondary N) is 1. The first-order chi connectivity index (χ1) is 7.05. The number of halogens is 1. The minimum atomic E-state index is -0.159. The molecular weight excluding hydrogens is 212 g/mol. The van der Waals surface area contributed by atoms with Crippen LogP contribution in [0.5, 0.6) is 0 Å². The Balaban J connectivity index is 2.51. The zero-order chi connectivity index (χ0) is 11.3. The van der Waals surface area contributed by atoms with Crippen LogP contribution in [0.3, 0.4) is 0 Å². The van der Waals surface area contributed by atoms with E-state index >= 15 is 0 Å². The smallest absolute Gasteiger partial charge is 0.269 e. The molecule has 1 rings (SSSR count). The predicted molar refractivity (Wildman–Crippen MR) is 61.1 cm³/mol. The molecule has 1 N–H and O–H groups in total. The molecule has 0 aliphatic carbocycles. The van der Waals surface area contributed by atoms with Crippen molar-refractivity contribution in [1.82, 2.24) is 10.3 Å². The molecule has 0 saturated carbocycles. The van der Waals surface area contributed by atoms with E-state index in [1.54, 1.807) is 24.4 Å². The van der Waals surface area contributed by atoms with Gasteiger partial charge >= 0.3 is 0 Å². The largest absolute Gasteiger partial charge is 0.350 e. The highest BCUT2D eigenvalue weighted by atomic mass is 35.5. The fourth-order valence-corrected chi connectivity index (χ4v) is 1.05. The Morgan fingerprint density at radius 1 is 1.53 bits per heavy atom. The number of hydrogen-bond donors (Lipinski definition) is 1. The van der Waals surface area contributed by atoms with E-state index in [-0.39, 0.29) is 11.3 Å². The van der Waals surface area contributed by atoms with Crippen molar-refractivity contribution in [3.05, 3.63) is 30.1 Å². The summed E-state index contributed by atoms with van der Waals surface area (Å²) in [5, 5.41) is 2.80. The standard InChI is InChI=1S/C11H15ClN2O/c1-11(2,7-12)8-14-10(15)9-5-3-4-6-13-9/h3-6H,7-8H2,1-2H3,(H,14,15). The molecular formula is C11H15ClN2O. The minimum Gasteiger partial charge on any atom is -0.350 e. The highest BCUT2D eigenvalue weighted by Gasteiger charge is 2.17. The van der Waals surface area contributed by atoms with Crippen LogP contribution in [0.4, 0.5) is 0 Å². The zero-order valence-corrected chi connectivity index (χ0v) is 9.71. The van der Waals surface area contributed by atoms with Gasteiger partial charge in [-0.2, -0.15) is 0 Å². The fourth-order valence-electron chi connectivity index (χ4n) is 0.954. The molecule has 0 aliphatic rings. The highest BCUT2D eigenvalue weighted by molar-refractivity contribution is 6.18. The molecule has 0 spiro atoms. The second kappa shape index (κ2) is 5.12. The molecule has 3 nitrogen and oxygen atoms in total. The van der Waals surface area contributed by atoms with Crippen molar-refractivity contribution >= 4 is 17.5 Å². The van der Waals surface area contributed by atoms with Gasteiger partial charge in [-0.3, -0.25) is 9.78 Å². The van der Waals surface area contributed by atoms with E-state index in [1.807, 2.05) is 13.8 Å². The lowest BCUT2D eigenvalue weighted by Gasteiger charge is -2.21. The highest BCUT2D eigenvalue weighted by Crippen LogP contribution is 2.15. The minimum absolute atomic E-state index is 0.0913. The summed E-state index contributed by atoms with van der Waals surface area (Å²) in [7, 11) is 0. The number of nitrogens with zero attached hydrogens (tertiary/aromatic N) is 1. The van der Waals surface area contributed by atoms with Crippen molar-refractivity contribution in [3.63, 3.8) is 0 Å².